The molecule has 1 atom stereocenters. The monoisotopic (exact) mass is 322 g/mol. The second-order valence-electron chi connectivity index (χ2n) is 6.05. The van der Waals surface area contributed by atoms with Gasteiger partial charge in [-0.25, -0.2) is 0 Å². The maximum atomic E-state index is 10.5. The Bertz CT molecular complexity index is 314. The van der Waals surface area contributed by atoms with Gasteiger partial charge in [-0.3, -0.25) is 4.55 Å². The molecule has 1 unspecified atom stereocenters. The molecule has 2 N–H and O–H groups in total. The zero-order valence-corrected chi connectivity index (χ0v) is 14.4. The Labute approximate surface area is 131 Å². The molecule has 0 aromatic heterocycles. The fourth-order valence-corrected chi connectivity index (χ4v) is 3.07. The van der Waals surface area contributed by atoms with Gasteiger partial charge in [0, 0.05) is 0 Å². The van der Waals surface area contributed by atoms with Gasteiger partial charge in [0.1, 0.15) is 0 Å². The number of unbranched alkanes of at least 4 members (excludes halogenated alkanes) is 9. The highest BCUT2D eigenvalue weighted by Crippen LogP contribution is 2.13. The summed E-state index contributed by atoms with van der Waals surface area (Å²) >= 11 is 0. The van der Waals surface area contributed by atoms with Gasteiger partial charge in [-0.05, 0) is 19.3 Å². The van der Waals surface area contributed by atoms with Gasteiger partial charge in [0.15, 0.2) is 0 Å². The molecule has 128 valence electrons. The molecule has 0 amide bonds. The fraction of sp³-hybridized carbons (Fsp3) is 1.00. The van der Waals surface area contributed by atoms with Crippen LogP contribution in [0.15, 0.2) is 0 Å². The van der Waals surface area contributed by atoms with Crippen molar-refractivity contribution in [2.45, 2.75) is 96.5 Å². The molecule has 0 rings (SSSR count). The molecule has 0 spiro atoms. The maximum absolute atomic E-state index is 10.5. The van der Waals surface area contributed by atoms with E-state index in [1.165, 1.54) is 44.9 Å². The summed E-state index contributed by atoms with van der Waals surface area (Å²) in [5.74, 6) is -0.166. The molecule has 0 aromatic rings. The predicted octanol–water partition coefficient (Wildman–Crippen LogP) is 4.33. The molecule has 0 aromatic carbocycles. The molecule has 5 heteroatoms. The third-order valence-corrected chi connectivity index (χ3v) is 4.64. The molecule has 0 aliphatic rings. The van der Waals surface area contributed by atoms with Crippen molar-refractivity contribution in [1.82, 2.24) is 0 Å². The van der Waals surface area contributed by atoms with Crippen LogP contribution in [0.5, 0.6) is 0 Å². The van der Waals surface area contributed by atoms with E-state index in [1.54, 1.807) is 0 Å². The molecule has 0 heterocycles. The first-order valence-electron chi connectivity index (χ1n) is 8.59. The van der Waals surface area contributed by atoms with Crippen molar-refractivity contribution >= 4 is 10.1 Å². The molecule has 0 saturated carbocycles. The lowest BCUT2D eigenvalue weighted by Crippen LogP contribution is -2.07. The summed E-state index contributed by atoms with van der Waals surface area (Å²) in [6, 6.07) is 0. The smallest absolute Gasteiger partial charge is 0.264 e. The Morgan fingerprint density at radius 3 is 1.67 bits per heavy atom. The topological polar surface area (TPSA) is 74.6 Å². The third kappa shape index (κ3) is 17.8. The highest BCUT2D eigenvalue weighted by molar-refractivity contribution is 7.85. The normalized spacial score (nSPS) is 13.5. The number of rotatable bonds is 15. The SMILES string of the molecule is CCCCCCCCCCC(O)CCCCCS(=O)(=O)O. The Morgan fingerprint density at radius 1 is 0.762 bits per heavy atom. The van der Waals surface area contributed by atoms with Crippen molar-refractivity contribution in [1.29, 1.82) is 0 Å². The van der Waals surface area contributed by atoms with Crippen LogP contribution in [-0.2, 0) is 10.1 Å². The second kappa shape index (κ2) is 13.5. The second-order valence-corrected chi connectivity index (χ2v) is 7.62. The highest BCUT2D eigenvalue weighted by atomic mass is 32.2. The zero-order chi connectivity index (χ0) is 16.0. The van der Waals surface area contributed by atoms with Crippen LogP contribution in [0.2, 0.25) is 0 Å². The van der Waals surface area contributed by atoms with E-state index in [2.05, 4.69) is 6.92 Å². The van der Waals surface area contributed by atoms with E-state index >= 15 is 0 Å². The van der Waals surface area contributed by atoms with Crippen LogP contribution < -0.4 is 0 Å². The summed E-state index contributed by atoms with van der Waals surface area (Å²) < 4.78 is 29.6. The average molecular weight is 323 g/mol. The van der Waals surface area contributed by atoms with Gasteiger partial charge in [0.05, 0.1) is 11.9 Å². The van der Waals surface area contributed by atoms with Gasteiger partial charge < -0.3 is 5.11 Å². The highest BCUT2D eigenvalue weighted by Gasteiger charge is 2.06. The van der Waals surface area contributed by atoms with E-state index < -0.39 is 10.1 Å². The van der Waals surface area contributed by atoms with Crippen LogP contribution in [0.25, 0.3) is 0 Å². The number of aliphatic hydroxyl groups excluding tert-OH is 1. The Morgan fingerprint density at radius 2 is 1.19 bits per heavy atom. The Kier molecular flexibility index (Phi) is 13.4. The van der Waals surface area contributed by atoms with Crippen molar-refractivity contribution in [2.24, 2.45) is 0 Å². The molecule has 0 saturated heterocycles. The van der Waals surface area contributed by atoms with Gasteiger partial charge in [0.2, 0.25) is 0 Å². The van der Waals surface area contributed by atoms with Crippen molar-refractivity contribution in [3.63, 3.8) is 0 Å². The fourth-order valence-electron chi connectivity index (χ4n) is 2.50. The van der Waals surface area contributed by atoms with Gasteiger partial charge >= 0.3 is 0 Å². The van der Waals surface area contributed by atoms with Crippen LogP contribution in [0.1, 0.15) is 90.4 Å². The van der Waals surface area contributed by atoms with Crippen molar-refractivity contribution in [2.75, 3.05) is 5.75 Å². The number of hydrogen-bond donors (Lipinski definition) is 2. The molecule has 0 bridgehead atoms. The predicted molar refractivity (Wildman–Crippen MR) is 88.1 cm³/mol. The zero-order valence-electron chi connectivity index (χ0n) is 13.6. The molecular formula is C16H34O4S. The van der Waals surface area contributed by atoms with Crippen LogP contribution in [0.4, 0.5) is 0 Å². The largest absolute Gasteiger partial charge is 0.393 e. The molecule has 0 aliphatic heterocycles. The first kappa shape index (κ1) is 20.9. The van der Waals surface area contributed by atoms with Crippen LogP contribution in [-0.4, -0.2) is 29.9 Å². The lowest BCUT2D eigenvalue weighted by atomic mass is 10.0. The van der Waals surface area contributed by atoms with Gasteiger partial charge in [-0.15, -0.1) is 0 Å². The summed E-state index contributed by atoms with van der Waals surface area (Å²) in [5.41, 5.74) is 0. The molecule has 0 fully saturated rings. The standard InChI is InChI=1S/C16H34O4S/c1-2-3-4-5-6-7-8-10-13-16(17)14-11-9-12-15-21(18,19)20/h16-17H,2-15H2,1H3,(H,18,19,20). The summed E-state index contributed by atoms with van der Waals surface area (Å²) in [5, 5.41) is 9.81. The van der Waals surface area contributed by atoms with Gasteiger partial charge in [0.25, 0.3) is 10.1 Å². The van der Waals surface area contributed by atoms with E-state index in [-0.39, 0.29) is 11.9 Å². The van der Waals surface area contributed by atoms with E-state index in [0.29, 0.717) is 6.42 Å². The summed E-state index contributed by atoms with van der Waals surface area (Å²) in [7, 11) is -3.82. The number of aliphatic hydroxyl groups is 1. The van der Waals surface area contributed by atoms with Crippen LogP contribution >= 0.6 is 0 Å². The average Bonchev–Trinajstić information content (AvgIpc) is 2.40. The maximum Gasteiger partial charge on any atom is 0.264 e. The van der Waals surface area contributed by atoms with E-state index in [1.807, 2.05) is 0 Å². The van der Waals surface area contributed by atoms with E-state index in [0.717, 1.165) is 32.1 Å². The number of hydrogen-bond acceptors (Lipinski definition) is 3. The Balaban J connectivity index is 3.25. The minimum Gasteiger partial charge on any atom is -0.393 e. The van der Waals surface area contributed by atoms with Crippen LogP contribution in [0.3, 0.4) is 0 Å². The lowest BCUT2D eigenvalue weighted by Gasteiger charge is -2.10. The van der Waals surface area contributed by atoms with E-state index in [4.69, 9.17) is 4.55 Å². The first-order chi connectivity index (χ1) is 9.95. The van der Waals surface area contributed by atoms with E-state index in [9.17, 15) is 13.5 Å². The summed E-state index contributed by atoms with van der Waals surface area (Å²) in [6.07, 6.45) is 13.6. The molecule has 0 radical (unpaired) electrons. The molecule has 21 heavy (non-hydrogen) atoms. The summed E-state index contributed by atoms with van der Waals surface area (Å²) in [4.78, 5) is 0. The Hall–Kier alpha value is -0.130. The molecular weight excluding hydrogens is 288 g/mol. The quantitative estimate of drug-likeness (QED) is 0.348. The minimum absolute atomic E-state index is 0.166. The van der Waals surface area contributed by atoms with Crippen molar-refractivity contribution in [3.05, 3.63) is 0 Å². The molecule has 0 aliphatic carbocycles. The molecule has 4 nitrogen and oxygen atoms in total. The van der Waals surface area contributed by atoms with Crippen LogP contribution in [0, 0.1) is 0 Å². The lowest BCUT2D eigenvalue weighted by molar-refractivity contribution is 0.147. The summed E-state index contributed by atoms with van der Waals surface area (Å²) in [6.45, 7) is 2.23. The van der Waals surface area contributed by atoms with Gasteiger partial charge in [-0.1, -0.05) is 71.1 Å². The van der Waals surface area contributed by atoms with Crippen molar-refractivity contribution < 1.29 is 18.1 Å². The third-order valence-electron chi connectivity index (χ3n) is 3.83. The van der Waals surface area contributed by atoms with Gasteiger partial charge in [-0.2, -0.15) is 8.42 Å². The minimum atomic E-state index is -3.82. The van der Waals surface area contributed by atoms with Crippen molar-refractivity contribution in [3.8, 4) is 0 Å². The first-order valence-corrected chi connectivity index (χ1v) is 10.2.